The summed E-state index contributed by atoms with van der Waals surface area (Å²) in [4.78, 5) is 0. The third-order valence-electron chi connectivity index (χ3n) is 3.23. The fourth-order valence-corrected chi connectivity index (χ4v) is 2.35. The molecule has 1 fully saturated rings. The average Bonchev–Trinajstić information content (AvgIpc) is 2.77. The van der Waals surface area contributed by atoms with Crippen molar-refractivity contribution in [1.82, 2.24) is 15.5 Å². The fourth-order valence-electron chi connectivity index (χ4n) is 2.35. The molecule has 0 amide bonds. The zero-order chi connectivity index (χ0) is 10.1. The Morgan fingerprint density at radius 3 is 3.20 bits per heavy atom. The predicted octanol–water partition coefficient (Wildman–Crippen LogP) is 2.03. The zero-order valence-corrected chi connectivity index (χ0v) is 8.66. The molecule has 1 aromatic heterocycles. The normalized spacial score (nSPS) is 22.0. The summed E-state index contributed by atoms with van der Waals surface area (Å²) < 4.78 is 0. The van der Waals surface area contributed by atoms with E-state index in [2.05, 4.69) is 33.7 Å². The number of nitrogens with one attached hydrogen (secondary N) is 2. The number of aromatic amines is 1. The van der Waals surface area contributed by atoms with Crippen molar-refractivity contribution in [1.29, 1.82) is 0 Å². The molecule has 0 spiro atoms. The molecule has 0 aliphatic carbocycles. The Morgan fingerprint density at radius 2 is 2.33 bits per heavy atom. The van der Waals surface area contributed by atoms with Crippen LogP contribution in [0.15, 0.2) is 24.4 Å². The molecule has 0 radical (unpaired) electrons. The van der Waals surface area contributed by atoms with E-state index in [1.807, 2.05) is 6.20 Å². The summed E-state index contributed by atoms with van der Waals surface area (Å²) in [5.41, 5.74) is 2.57. The maximum atomic E-state index is 4.05. The summed E-state index contributed by atoms with van der Waals surface area (Å²) in [5.74, 6) is 0.679. The third-order valence-corrected chi connectivity index (χ3v) is 3.23. The minimum absolute atomic E-state index is 0.679. The highest BCUT2D eigenvalue weighted by Gasteiger charge is 2.15. The lowest BCUT2D eigenvalue weighted by atomic mass is 9.91. The molecule has 1 aliphatic heterocycles. The molecule has 3 heteroatoms. The Morgan fingerprint density at radius 1 is 1.33 bits per heavy atom. The average molecular weight is 201 g/mol. The first kappa shape index (κ1) is 8.92. The minimum Gasteiger partial charge on any atom is -0.316 e. The number of piperidine rings is 1. The second kappa shape index (κ2) is 3.66. The number of fused-ring (bicyclic) bond motifs is 1. The number of nitrogens with zero attached hydrogens (tertiary/aromatic N) is 1. The summed E-state index contributed by atoms with van der Waals surface area (Å²) in [5, 5.41) is 11.7. The molecule has 1 aromatic carbocycles. The number of H-pyrrole nitrogens is 1. The molecule has 1 saturated heterocycles. The lowest BCUT2D eigenvalue weighted by molar-refractivity contribution is 0.462. The van der Waals surface area contributed by atoms with Gasteiger partial charge in [0.2, 0.25) is 0 Å². The highest BCUT2D eigenvalue weighted by atomic mass is 15.1. The SMILES string of the molecule is c1cc2[nH]ncc2cc1C1CCCNC1. The molecule has 2 aromatic rings. The summed E-state index contributed by atoms with van der Waals surface area (Å²) >= 11 is 0. The molecule has 3 nitrogen and oxygen atoms in total. The topological polar surface area (TPSA) is 40.7 Å². The summed E-state index contributed by atoms with van der Waals surface area (Å²) in [6.45, 7) is 2.29. The van der Waals surface area contributed by atoms with Gasteiger partial charge in [0.05, 0.1) is 11.7 Å². The molecule has 1 unspecified atom stereocenters. The van der Waals surface area contributed by atoms with E-state index >= 15 is 0 Å². The van der Waals surface area contributed by atoms with Crippen LogP contribution in [-0.2, 0) is 0 Å². The quantitative estimate of drug-likeness (QED) is 0.741. The van der Waals surface area contributed by atoms with Crippen LogP contribution in [0.5, 0.6) is 0 Å². The van der Waals surface area contributed by atoms with E-state index in [4.69, 9.17) is 0 Å². The van der Waals surface area contributed by atoms with Crippen LogP contribution in [-0.4, -0.2) is 23.3 Å². The van der Waals surface area contributed by atoms with Crippen LogP contribution in [0.2, 0.25) is 0 Å². The van der Waals surface area contributed by atoms with Gasteiger partial charge in [0.25, 0.3) is 0 Å². The van der Waals surface area contributed by atoms with Gasteiger partial charge in [-0.3, -0.25) is 5.10 Å². The monoisotopic (exact) mass is 201 g/mol. The Hall–Kier alpha value is -1.35. The lowest BCUT2D eigenvalue weighted by Gasteiger charge is -2.23. The van der Waals surface area contributed by atoms with Crippen molar-refractivity contribution in [3.63, 3.8) is 0 Å². The first-order valence-corrected chi connectivity index (χ1v) is 5.57. The smallest absolute Gasteiger partial charge is 0.0650 e. The largest absolute Gasteiger partial charge is 0.316 e. The van der Waals surface area contributed by atoms with Crippen molar-refractivity contribution < 1.29 is 0 Å². The van der Waals surface area contributed by atoms with E-state index in [1.165, 1.54) is 30.3 Å². The number of aromatic nitrogens is 2. The second-order valence-electron chi connectivity index (χ2n) is 4.26. The Bertz CT molecular complexity index is 455. The van der Waals surface area contributed by atoms with E-state index < -0.39 is 0 Å². The third kappa shape index (κ3) is 1.63. The first-order chi connectivity index (χ1) is 7.43. The number of hydrogen-bond acceptors (Lipinski definition) is 2. The molecule has 0 bridgehead atoms. The Labute approximate surface area is 88.9 Å². The summed E-state index contributed by atoms with van der Waals surface area (Å²) in [6, 6.07) is 6.61. The maximum Gasteiger partial charge on any atom is 0.0650 e. The van der Waals surface area contributed by atoms with Crippen LogP contribution < -0.4 is 5.32 Å². The van der Waals surface area contributed by atoms with E-state index in [0.717, 1.165) is 12.1 Å². The van der Waals surface area contributed by atoms with Gasteiger partial charge in [-0.25, -0.2) is 0 Å². The van der Waals surface area contributed by atoms with Crippen LogP contribution in [0, 0.1) is 0 Å². The van der Waals surface area contributed by atoms with Gasteiger partial charge < -0.3 is 5.32 Å². The summed E-state index contributed by atoms with van der Waals surface area (Å²) in [6.07, 6.45) is 4.49. The van der Waals surface area contributed by atoms with Gasteiger partial charge in [-0.1, -0.05) is 6.07 Å². The Kier molecular flexibility index (Phi) is 2.18. The first-order valence-electron chi connectivity index (χ1n) is 5.57. The van der Waals surface area contributed by atoms with Gasteiger partial charge in [0, 0.05) is 11.9 Å². The van der Waals surface area contributed by atoms with Crippen molar-refractivity contribution >= 4 is 10.9 Å². The molecule has 1 atom stereocenters. The molecule has 2 N–H and O–H groups in total. The molecular formula is C12H15N3. The van der Waals surface area contributed by atoms with Gasteiger partial charge in [-0.2, -0.15) is 5.10 Å². The lowest BCUT2D eigenvalue weighted by Crippen LogP contribution is -2.28. The van der Waals surface area contributed by atoms with Crippen molar-refractivity contribution in [3.05, 3.63) is 30.0 Å². The van der Waals surface area contributed by atoms with Crippen molar-refractivity contribution in [2.75, 3.05) is 13.1 Å². The number of benzene rings is 1. The zero-order valence-electron chi connectivity index (χ0n) is 8.66. The van der Waals surface area contributed by atoms with Crippen molar-refractivity contribution in [2.24, 2.45) is 0 Å². The molecule has 2 heterocycles. The van der Waals surface area contributed by atoms with E-state index in [-0.39, 0.29) is 0 Å². The Balaban J connectivity index is 1.95. The van der Waals surface area contributed by atoms with Crippen molar-refractivity contribution in [2.45, 2.75) is 18.8 Å². The van der Waals surface area contributed by atoms with E-state index in [0.29, 0.717) is 5.92 Å². The van der Waals surface area contributed by atoms with Crippen molar-refractivity contribution in [3.8, 4) is 0 Å². The standard InChI is InChI=1S/C12H15N3/c1-2-10(7-13-5-1)9-3-4-12-11(6-9)8-14-15-12/h3-4,6,8,10,13H,1-2,5,7H2,(H,14,15). The summed E-state index contributed by atoms with van der Waals surface area (Å²) in [7, 11) is 0. The fraction of sp³-hybridized carbons (Fsp3) is 0.417. The maximum absolute atomic E-state index is 4.05. The molecule has 0 saturated carbocycles. The van der Waals surface area contributed by atoms with Gasteiger partial charge in [0.15, 0.2) is 0 Å². The van der Waals surface area contributed by atoms with Gasteiger partial charge >= 0.3 is 0 Å². The van der Waals surface area contributed by atoms with E-state index in [9.17, 15) is 0 Å². The second-order valence-corrected chi connectivity index (χ2v) is 4.26. The molecule has 3 rings (SSSR count). The molecular weight excluding hydrogens is 186 g/mol. The van der Waals surface area contributed by atoms with Gasteiger partial charge in [-0.15, -0.1) is 0 Å². The molecule has 15 heavy (non-hydrogen) atoms. The number of hydrogen-bond donors (Lipinski definition) is 2. The van der Waals surface area contributed by atoms with Gasteiger partial charge in [-0.05, 0) is 43.0 Å². The minimum atomic E-state index is 0.679. The molecule has 1 aliphatic rings. The van der Waals surface area contributed by atoms with Crippen LogP contribution in [0.3, 0.4) is 0 Å². The highest BCUT2D eigenvalue weighted by Crippen LogP contribution is 2.25. The van der Waals surface area contributed by atoms with Gasteiger partial charge in [0.1, 0.15) is 0 Å². The highest BCUT2D eigenvalue weighted by molar-refractivity contribution is 5.78. The predicted molar refractivity (Wildman–Crippen MR) is 60.9 cm³/mol. The van der Waals surface area contributed by atoms with Crippen LogP contribution in [0.25, 0.3) is 10.9 Å². The van der Waals surface area contributed by atoms with Crippen LogP contribution in [0.4, 0.5) is 0 Å². The molecule has 78 valence electrons. The van der Waals surface area contributed by atoms with E-state index in [1.54, 1.807) is 0 Å². The van der Waals surface area contributed by atoms with Crippen LogP contribution >= 0.6 is 0 Å². The number of rotatable bonds is 1. The van der Waals surface area contributed by atoms with Crippen LogP contribution in [0.1, 0.15) is 24.3 Å².